The molecule has 1 aromatic rings. The van der Waals surface area contributed by atoms with Crippen molar-refractivity contribution in [2.75, 3.05) is 17.7 Å². The summed E-state index contributed by atoms with van der Waals surface area (Å²) in [5, 5.41) is 22.8. The molecule has 3 atom stereocenters. The van der Waals surface area contributed by atoms with Gasteiger partial charge in [0.05, 0.1) is 12.8 Å². The van der Waals surface area contributed by atoms with Crippen LogP contribution in [0.15, 0.2) is 35.5 Å². The molecule has 14 nitrogen and oxygen atoms in total. The number of carboxylic acid groups (broad SMARTS) is 2. The topological polar surface area (TPSA) is 231 Å². The maximum atomic E-state index is 12.6. The Morgan fingerprint density at radius 3 is 2.38 bits per heavy atom. The summed E-state index contributed by atoms with van der Waals surface area (Å²) in [6.45, 7) is -0.361. The minimum absolute atomic E-state index is 0. The van der Waals surface area contributed by atoms with Crippen LogP contribution in [0.2, 0.25) is 0 Å². The molecule has 0 saturated carbocycles. The van der Waals surface area contributed by atoms with Crippen LogP contribution in [0.4, 0.5) is 10.5 Å². The third kappa shape index (κ3) is 7.45. The number of hydrogen-bond donors (Lipinski definition) is 6. The number of rotatable bonds is 10. The molecule has 1 fully saturated rings. The first kappa shape index (κ1) is 30.1. The molecule has 0 bridgehead atoms. The molecule has 1 aromatic carbocycles. The van der Waals surface area contributed by atoms with E-state index < -0.39 is 59.6 Å². The molecule has 4 amide bonds. The van der Waals surface area contributed by atoms with Crippen molar-refractivity contribution in [3.63, 3.8) is 0 Å². The molecule has 0 unspecified atom stereocenters. The first-order chi connectivity index (χ1) is 17.0. The fourth-order valence-corrected chi connectivity index (χ4v) is 4.89. The normalized spacial score (nSPS) is 18.9. The molecule has 3 rings (SSSR count). The average Bonchev–Trinajstić information content (AvgIpc) is 2.81. The molecular weight excluding hydrogens is 521 g/mol. The van der Waals surface area contributed by atoms with E-state index in [1.165, 1.54) is 23.9 Å². The van der Waals surface area contributed by atoms with Gasteiger partial charge in [-0.05, 0) is 17.7 Å². The quantitative estimate of drug-likeness (QED) is 0.122. The van der Waals surface area contributed by atoms with Gasteiger partial charge >= 0.3 is 47.6 Å². The number of nitrogens with two attached hydrogens (primary N) is 2. The monoisotopic (exact) mass is 545 g/mol. The zero-order valence-corrected chi connectivity index (χ0v) is 22.4. The Kier molecular flexibility index (Phi) is 10.5. The second-order valence-electron chi connectivity index (χ2n) is 7.89. The van der Waals surface area contributed by atoms with E-state index in [0.717, 1.165) is 4.90 Å². The number of benzene rings is 1. The molecule has 1 saturated heterocycles. The summed E-state index contributed by atoms with van der Waals surface area (Å²) in [5.41, 5.74) is 11.1. The first-order valence-electron chi connectivity index (χ1n) is 10.5. The number of β-lactam (4-membered cyclic amide) rings is 1. The minimum atomic E-state index is -1.36. The number of amides is 4. The van der Waals surface area contributed by atoms with Crippen molar-refractivity contribution in [2.45, 2.75) is 30.3 Å². The van der Waals surface area contributed by atoms with Crippen molar-refractivity contribution in [1.82, 2.24) is 10.2 Å². The molecule has 2 heterocycles. The van der Waals surface area contributed by atoms with Gasteiger partial charge in [-0.1, -0.05) is 12.1 Å². The molecule has 8 N–H and O–H groups in total. The summed E-state index contributed by atoms with van der Waals surface area (Å²) in [5.74, 6) is -4.14. The Labute approximate surface area is 237 Å². The van der Waals surface area contributed by atoms with Gasteiger partial charge in [0.1, 0.15) is 29.8 Å². The second-order valence-corrected chi connectivity index (χ2v) is 9.00. The number of hydrogen-bond acceptors (Lipinski definition) is 9. The van der Waals surface area contributed by atoms with E-state index in [2.05, 4.69) is 15.4 Å². The first-order valence-corrected chi connectivity index (χ1v) is 11.5. The van der Waals surface area contributed by atoms with Crippen LogP contribution in [0.5, 0.6) is 0 Å². The SMILES string of the molecule is NC(=O)OCC1=C(C(=O)O)N2C(=O)[C@@H](NC(=O)Cc3ccc(NC(=O)C[C@@H](N)C(=O)O)cc3)[C@H]2SC1.[H-].[Na+]. The van der Waals surface area contributed by atoms with Crippen molar-refractivity contribution in [1.29, 1.82) is 0 Å². The van der Waals surface area contributed by atoms with Gasteiger partial charge < -0.3 is 38.5 Å². The third-order valence-electron chi connectivity index (χ3n) is 5.28. The zero-order chi connectivity index (χ0) is 26.6. The largest absolute Gasteiger partial charge is 1.00 e. The van der Waals surface area contributed by atoms with E-state index in [0.29, 0.717) is 11.3 Å². The van der Waals surface area contributed by atoms with E-state index in [4.69, 9.17) is 16.6 Å². The van der Waals surface area contributed by atoms with Gasteiger partial charge in [0.25, 0.3) is 5.91 Å². The molecule has 2 aliphatic rings. The van der Waals surface area contributed by atoms with Crippen LogP contribution in [0.3, 0.4) is 0 Å². The number of nitrogens with one attached hydrogen (secondary N) is 2. The van der Waals surface area contributed by atoms with E-state index in [9.17, 15) is 33.9 Å². The minimum Gasteiger partial charge on any atom is -1.00 e. The van der Waals surface area contributed by atoms with Crippen molar-refractivity contribution >= 4 is 53.2 Å². The molecule has 0 aromatic heterocycles. The summed E-state index contributed by atoms with van der Waals surface area (Å²) in [6.07, 6.45) is -1.56. The van der Waals surface area contributed by atoms with Crippen LogP contribution in [-0.2, 0) is 35.1 Å². The number of carboxylic acids is 2. The molecular formula is C21H24N5NaO9S. The Morgan fingerprint density at radius 2 is 1.81 bits per heavy atom. The number of ether oxygens (including phenoxy) is 1. The number of fused-ring (bicyclic) bond motifs is 1. The predicted molar refractivity (Wildman–Crippen MR) is 125 cm³/mol. The third-order valence-corrected chi connectivity index (χ3v) is 6.62. The predicted octanol–water partition coefficient (Wildman–Crippen LogP) is -4.08. The summed E-state index contributed by atoms with van der Waals surface area (Å²) in [4.78, 5) is 71.3. The smallest absolute Gasteiger partial charge is 1.00 e. The van der Waals surface area contributed by atoms with Gasteiger partial charge in [-0.25, -0.2) is 9.59 Å². The molecule has 2 aliphatic heterocycles. The number of carbonyl (C=O) groups excluding carboxylic acids is 4. The van der Waals surface area contributed by atoms with Crippen molar-refractivity contribution in [3.8, 4) is 0 Å². The zero-order valence-electron chi connectivity index (χ0n) is 20.6. The average molecular weight is 546 g/mol. The Bertz CT molecular complexity index is 1150. The number of thioether (sulfide) groups is 1. The Morgan fingerprint density at radius 1 is 1.16 bits per heavy atom. The van der Waals surface area contributed by atoms with Gasteiger partial charge in [-0.15, -0.1) is 11.8 Å². The summed E-state index contributed by atoms with van der Waals surface area (Å²) in [7, 11) is 0. The van der Waals surface area contributed by atoms with Gasteiger partial charge in [0.15, 0.2) is 0 Å². The van der Waals surface area contributed by atoms with Gasteiger partial charge in [0.2, 0.25) is 11.8 Å². The number of primary amides is 1. The van der Waals surface area contributed by atoms with Crippen LogP contribution >= 0.6 is 11.8 Å². The number of anilines is 1. The summed E-state index contributed by atoms with van der Waals surface area (Å²) >= 11 is 1.22. The number of nitrogens with zero attached hydrogens (tertiary/aromatic N) is 1. The van der Waals surface area contributed by atoms with E-state index in [1.54, 1.807) is 12.1 Å². The van der Waals surface area contributed by atoms with Crippen molar-refractivity contribution < 1.29 is 74.7 Å². The molecule has 0 spiro atoms. The standard InChI is InChI=1S/C21H23N5O9S.Na.H/c22-12(19(30)31)6-14(28)24-11-3-1-9(2-4-11)5-13(27)25-15-17(29)26-16(20(32)33)10(7-35-21(23)34)8-36-18(15)26;;/h1-4,12,15,18H,5-8,22H2,(H2,23,34)(H,24,28)(H,25,27)(H,30,31)(H,32,33);;/q;+1;-1/t12-,15-,18-;;/m1../s1. The van der Waals surface area contributed by atoms with Crippen LogP contribution < -0.4 is 51.7 Å². The molecule has 16 heteroatoms. The maximum absolute atomic E-state index is 12.6. The van der Waals surface area contributed by atoms with Crippen LogP contribution in [0, 0.1) is 0 Å². The number of aliphatic carboxylic acids is 2. The van der Waals surface area contributed by atoms with Gasteiger partial charge in [-0.2, -0.15) is 0 Å². The molecule has 37 heavy (non-hydrogen) atoms. The van der Waals surface area contributed by atoms with E-state index in [1.807, 2.05) is 0 Å². The maximum Gasteiger partial charge on any atom is 1.00 e. The van der Waals surface area contributed by atoms with E-state index >= 15 is 0 Å². The van der Waals surface area contributed by atoms with Gasteiger partial charge in [-0.3, -0.25) is 24.1 Å². The van der Waals surface area contributed by atoms with Crippen LogP contribution in [0.1, 0.15) is 13.4 Å². The van der Waals surface area contributed by atoms with Crippen LogP contribution in [-0.4, -0.2) is 80.7 Å². The summed E-state index contributed by atoms with van der Waals surface area (Å²) in [6, 6.07) is 3.96. The van der Waals surface area contributed by atoms with Gasteiger partial charge in [0, 0.05) is 17.0 Å². The summed E-state index contributed by atoms with van der Waals surface area (Å²) < 4.78 is 4.66. The molecule has 194 valence electrons. The fourth-order valence-electron chi connectivity index (χ4n) is 3.57. The second kappa shape index (κ2) is 12.9. The fraction of sp³-hybridized carbons (Fsp3) is 0.333. The Hall–Kier alpha value is -3.11. The molecule has 0 radical (unpaired) electrons. The van der Waals surface area contributed by atoms with Crippen molar-refractivity contribution in [2.24, 2.45) is 11.5 Å². The van der Waals surface area contributed by atoms with E-state index in [-0.39, 0.29) is 61.0 Å². The molecule has 0 aliphatic carbocycles. The Balaban J connectivity index is 0.00000361. The number of carbonyl (C=O) groups is 6. The van der Waals surface area contributed by atoms with Crippen LogP contribution in [0.25, 0.3) is 0 Å². The van der Waals surface area contributed by atoms with Crippen molar-refractivity contribution in [3.05, 3.63) is 41.1 Å².